The second-order valence-corrected chi connectivity index (χ2v) is 4.46. The van der Waals surface area contributed by atoms with E-state index in [2.05, 4.69) is 15.0 Å². The fourth-order valence-corrected chi connectivity index (χ4v) is 1.89. The predicted octanol–water partition coefficient (Wildman–Crippen LogP) is 2.21. The Balaban J connectivity index is 1.96. The Morgan fingerprint density at radius 3 is 3.05 bits per heavy atom. The van der Waals surface area contributed by atoms with Crippen LogP contribution >= 0.6 is 11.6 Å². The molecule has 7 heteroatoms. The summed E-state index contributed by atoms with van der Waals surface area (Å²) in [4.78, 5) is 23.5. The third-order valence-electron chi connectivity index (χ3n) is 2.68. The maximum atomic E-state index is 11.5. The molecule has 2 aromatic heterocycles. The Kier molecular flexibility index (Phi) is 4.68. The molecular formula is C12H15ClN4O2. The van der Waals surface area contributed by atoms with Gasteiger partial charge in [0.15, 0.2) is 10.8 Å². The third-order valence-corrected chi connectivity index (χ3v) is 2.96. The molecule has 0 N–H and O–H groups in total. The lowest BCUT2D eigenvalue weighted by atomic mass is 10.3. The molecule has 0 aliphatic carbocycles. The molecule has 0 bridgehead atoms. The van der Waals surface area contributed by atoms with E-state index in [1.54, 1.807) is 10.9 Å². The number of nitrogens with zero attached hydrogens (tertiary/aromatic N) is 4. The van der Waals surface area contributed by atoms with Crippen molar-refractivity contribution in [2.45, 2.75) is 32.7 Å². The summed E-state index contributed by atoms with van der Waals surface area (Å²) in [6, 6.07) is 0. The van der Waals surface area contributed by atoms with Gasteiger partial charge in [-0.2, -0.15) is 0 Å². The minimum atomic E-state index is -0.219. The van der Waals surface area contributed by atoms with Crippen LogP contribution in [0.2, 0.25) is 5.15 Å². The zero-order valence-electron chi connectivity index (χ0n) is 10.7. The SMILES string of the molecule is CCCCOC(=O)CCn1cnc2ncnc(Cl)c21. The highest BCUT2D eigenvalue weighted by Crippen LogP contribution is 2.18. The van der Waals surface area contributed by atoms with Crippen LogP contribution in [0.5, 0.6) is 0 Å². The first kappa shape index (κ1) is 13.7. The van der Waals surface area contributed by atoms with Crippen LogP contribution < -0.4 is 0 Å². The lowest BCUT2D eigenvalue weighted by Gasteiger charge is -2.05. The number of carbonyl (C=O) groups is 1. The van der Waals surface area contributed by atoms with E-state index < -0.39 is 0 Å². The Hall–Kier alpha value is -1.69. The summed E-state index contributed by atoms with van der Waals surface area (Å²) in [6.45, 7) is 2.98. The van der Waals surface area contributed by atoms with Gasteiger partial charge in [-0.3, -0.25) is 4.79 Å². The molecular weight excluding hydrogens is 268 g/mol. The summed E-state index contributed by atoms with van der Waals surface area (Å²) < 4.78 is 6.85. The monoisotopic (exact) mass is 282 g/mol. The number of esters is 1. The van der Waals surface area contributed by atoms with Crippen molar-refractivity contribution < 1.29 is 9.53 Å². The Morgan fingerprint density at radius 1 is 1.42 bits per heavy atom. The topological polar surface area (TPSA) is 69.9 Å². The number of fused-ring (bicyclic) bond motifs is 1. The number of halogens is 1. The van der Waals surface area contributed by atoms with Crippen molar-refractivity contribution >= 4 is 28.7 Å². The number of aryl methyl sites for hydroxylation is 1. The maximum absolute atomic E-state index is 11.5. The molecule has 0 amide bonds. The van der Waals surface area contributed by atoms with Crippen LogP contribution in [0, 0.1) is 0 Å². The van der Waals surface area contributed by atoms with Gasteiger partial charge in [0.2, 0.25) is 0 Å². The number of imidazole rings is 1. The standard InChI is InChI=1S/C12H15ClN4O2/c1-2-3-6-19-9(18)4-5-17-8-16-12-10(17)11(13)14-7-15-12/h7-8H,2-6H2,1H3. The molecule has 19 heavy (non-hydrogen) atoms. The van der Waals surface area contributed by atoms with Gasteiger partial charge in [0.1, 0.15) is 11.8 Å². The number of aromatic nitrogens is 4. The highest BCUT2D eigenvalue weighted by atomic mass is 35.5. The molecule has 0 aromatic carbocycles. The highest BCUT2D eigenvalue weighted by Gasteiger charge is 2.10. The van der Waals surface area contributed by atoms with Crippen molar-refractivity contribution in [1.29, 1.82) is 0 Å². The van der Waals surface area contributed by atoms with Crippen molar-refractivity contribution in [3.63, 3.8) is 0 Å². The number of unbranched alkanes of at least 4 members (excludes halogenated alkanes) is 1. The van der Waals surface area contributed by atoms with Gasteiger partial charge in [0.05, 0.1) is 19.4 Å². The lowest BCUT2D eigenvalue weighted by molar-refractivity contribution is -0.144. The molecule has 0 aliphatic rings. The quantitative estimate of drug-likeness (QED) is 0.461. The van der Waals surface area contributed by atoms with E-state index in [1.807, 2.05) is 6.92 Å². The number of ether oxygens (including phenoxy) is 1. The van der Waals surface area contributed by atoms with Crippen LogP contribution in [0.4, 0.5) is 0 Å². The van der Waals surface area contributed by atoms with Gasteiger partial charge >= 0.3 is 5.97 Å². The summed E-state index contributed by atoms with van der Waals surface area (Å²) >= 11 is 5.99. The summed E-state index contributed by atoms with van der Waals surface area (Å²) in [7, 11) is 0. The van der Waals surface area contributed by atoms with E-state index in [1.165, 1.54) is 6.33 Å². The number of carbonyl (C=O) groups excluding carboxylic acids is 1. The number of rotatable bonds is 6. The van der Waals surface area contributed by atoms with Gasteiger partial charge in [-0.15, -0.1) is 0 Å². The minimum absolute atomic E-state index is 0.219. The zero-order chi connectivity index (χ0) is 13.7. The Morgan fingerprint density at radius 2 is 2.26 bits per heavy atom. The zero-order valence-corrected chi connectivity index (χ0v) is 11.4. The van der Waals surface area contributed by atoms with Gasteiger partial charge in [-0.25, -0.2) is 15.0 Å². The molecule has 0 saturated heterocycles. The van der Waals surface area contributed by atoms with Crippen LogP contribution in [0.25, 0.3) is 11.2 Å². The molecule has 0 aliphatic heterocycles. The van der Waals surface area contributed by atoms with E-state index in [-0.39, 0.29) is 12.4 Å². The molecule has 2 heterocycles. The summed E-state index contributed by atoms with van der Waals surface area (Å²) in [5.41, 5.74) is 1.17. The number of hydrogen-bond acceptors (Lipinski definition) is 5. The van der Waals surface area contributed by atoms with E-state index in [0.29, 0.717) is 29.5 Å². The Bertz CT molecular complexity index is 570. The van der Waals surface area contributed by atoms with Crippen molar-refractivity contribution in [2.75, 3.05) is 6.61 Å². The molecule has 6 nitrogen and oxygen atoms in total. The fourth-order valence-electron chi connectivity index (χ4n) is 1.66. The smallest absolute Gasteiger partial charge is 0.307 e. The molecule has 0 atom stereocenters. The van der Waals surface area contributed by atoms with Crippen molar-refractivity contribution in [1.82, 2.24) is 19.5 Å². The molecule has 0 unspecified atom stereocenters. The van der Waals surface area contributed by atoms with Crippen molar-refractivity contribution in [2.24, 2.45) is 0 Å². The fraction of sp³-hybridized carbons (Fsp3) is 0.500. The van der Waals surface area contributed by atoms with E-state index in [0.717, 1.165) is 12.8 Å². The van der Waals surface area contributed by atoms with Gasteiger partial charge in [-0.1, -0.05) is 24.9 Å². The first-order chi connectivity index (χ1) is 9.22. The summed E-state index contributed by atoms with van der Waals surface area (Å²) in [6.07, 6.45) is 5.14. The minimum Gasteiger partial charge on any atom is -0.466 e. The van der Waals surface area contributed by atoms with Crippen LogP contribution in [-0.2, 0) is 16.1 Å². The highest BCUT2D eigenvalue weighted by molar-refractivity contribution is 6.33. The normalized spacial score (nSPS) is 10.8. The second kappa shape index (κ2) is 6.47. The van der Waals surface area contributed by atoms with Crippen LogP contribution in [-0.4, -0.2) is 32.1 Å². The van der Waals surface area contributed by atoms with Gasteiger partial charge in [-0.05, 0) is 6.42 Å². The average molecular weight is 283 g/mol. The average Bonchev–Trinajstić information content (AvgIpc) is 2.81. The van der Waals surface area contributed by atoms with E-state index in [9.17, 15) is 4.79 Å². The predicted molar refractivity (Wildman–Crippen MR) is 70.8 cm³/mol. The third kappa shape index (κ3) is 3.41. The molecule has 0 radical (unpaired) electrons. The largest absolute Gasteiger partial charge is 0.466 e. The lowest BCUT2D eigenvalue weighted by Crippen LogP contribution is -2.09. The van der Waals surface area contributed by atoms with E-state index in [4.69, 9.17) is 16.3 Å². The number of hydrogen-bond donors (Lipinski definition) is 0. The summed E-state index contributed by atoms with van der Waals surface area (Å²) in [5, 5.41) is 0.335. The molecule has 0 fully saturated rings. The molecule has 2 aromatic rings. The van der Waals surface area contributed by atoms with Gasteiger partial charge in [0, 0.05) is 6.54 Å². The van der Waals surface area contributed by atoms with Crippen molar-refractivity contribution in [3.05, 3.63) is 17.8 Å². The molecule has 102 valence electrons. The summed E-state index contributed by atoms with van der Waals surface area (Å²) in [5.74, 6) is -0.219. The Labute approximate surface area is 115 Å². The van der Waals surface area contributed by atoms with Crippen molar-refractivity contribution in [3.8, 4) is 0 Å². The second-order valence-electron chi connectivity index (χ2n) is 4.10. The van der Waals surface area contributed by atoms with E-state index >= 15 is 0 Å². The molecule has 0 spiro atoms. The van der Waals surface area contributed by atoms with Crippen LogP contribution in [0.1, 0.15) is 26.2 Å². The first-order valence-corrected chi connectivity index (χ1v) is 6.57. The van der Waals surface area contributed by atoms with Crippen LogP contribution in [0.3, 0.4) is 0 Å². The maximum Gasteiger partial charge on any atom is 0.307 e. The molecule has 2 rings (SSSR count). The first-order valence-electron chi connectivity index (χ1n) is 6.19. The van der Waals surface area contributed by atoms with Crippen LogP contribution in [0.15, 0.2) is 12.7 Å². The van der Waals surface area contributed by atoms with Gasteiger partial charge < -0.3 is 9.30 Å². The molecule has 0 saturated carbocycles. The van der Waals surface area contributed by atoms with Gasteiger partial charge in [0.25, 0.3) is 0 Å².